The maximum atomic E-state index is 13.4. The van der Waals surface area contributed by atoms with E-state index >= 15 is 0 Å². The van der Waals surface area contributed by atoms with Crippen LogP contribution < -0.4 is 11.1 Å². The minimum atomic E-state index is -1.44. The number of nitrogens with one attached hydrogen (secondary N) is 1. The number of halogens is 1. The van der Waals surface area contributed by atoms with Crippen LogP contribution in [0, 0.1) is 11.7 Å². The summed E-state index contributed by atoms with van der Waals surface area (Å²) in [5.74, 6) is -2.64. The molecule has 1 amide bonds. The summed E-state index contributed by atoms with van der Waals surface area (Å²) in [4.78, 5) is 22.7. The lowest BCUT2D eigenvalue weighted by Gasteiger charge is -2.15. The molecule has 0 saturated heterocycles. The number of amides is 1. The Morgan fingerprint density at radius 1 is 1.42 bits per heavy atom. The zero-order valence-corrected chi connectivity index (χ0v) is 10.8. The number of anilines is 1. The van der Waals surface area contributed by atoms with Crippen LogP contribution >= 0.6 is 0 Å². The lowest BCUT2D eigenvalue weighted by molar-refractivity contribution is -0.117. The molecule has 0 spiro atoms. The molecule has 5 nitrogen and oxygen atoms in total. The number of rotatable bonds is 5. The van der Waals surface area contributed by atoms with Gasteiger partial charge in [0, 0.05) is 0 Å². The standard InChI is InChI=1S/C13H17FN2O3/c1-7(2)6-9(15)12(17)16-10-5-3-4-8(14)11(10)13(18)19/h3-5,7,9H,6,15H2,1-2H3,(H,16,17)(H,18,19). The minimum Gasteiger partial charge on any atom is -0.478 e. The highest BCUT2D eigenvalue weighted by Crippen LogP contribution is 2.19. The highest BCUT2D eigenvalue weighted by atomic mass is 19.1. The van der Waals surface area contributed by atoms with Crippen LogP contribution in [0.5, 0.6) is 0 Å². The third kappa shape index (κ3) is 4.03. The van der Waals surface area contributed by atoms with Gasteiger partial charge in [-0.05, 0) is 24.5 Å². The Morgan fingerprint density at radius 3 is 2.58 bits per heavy atom. The molecule has 0 bridgehead atoms. The van der Waals surface area contributed by atoms with Crippen LogP contribution in [0.25, 0.3) is 0 Å². The van der Waals surface area contributed by atoms with Crippen LogP contribution in [-0.4, -0.2) is 23.0 Å². The summed E-state index contributed by atoms with van der Waals surface area (Å²) in [6, 6.07) is 2.91. The molecule has 6 heteroatoms. The van der Waals surface area contributed by atoms with Crippen molar-refractivity contribution in [1.29, 1.82) is 0 Å². The van der Waals surface area contributed by atoms with E-state index in [1.165, 1.54) is 12.1 Å². The van der Waals surface area contributed by atoms with E-state index in [1.54, 1.807) is 0 Å². The van der Waals surface area contributed by atoms with Crippen molar-refractivity contribution < 1.29 is 19.1 Å². The van der Waals surface area contributed by atoms with Gasteiger partial charge in [-0.15, -0.1) is 0 Å². The molecule has 0 aliphatic heterocycles. The molecule has 0 radical (unpaired) electrons. The lowest BCUT2D eigenvalue weighted by Crippen LogP contribution is -2.37. The SMILES string of the molecule is CC(C)CC(N)C(=O)Nc1cccc(F)c1C(=O)O. The van der Waals surface area contributed by atoms with Crippen molar-refractivity contribution in [3.8, 4) is 0 Å². The van der Waals surface area contributed by atoms with Crippen LogP contribution in [0.3, 0.4) is 0 Å². The van der Waals surface area contributed by atoms with Gasteiger partial charge < -0.3 is 16.2 Å². The summed E-state index contributed by atoms with van der Waals surface area (Å²) in [6.07, 6.45) is 0.462. The predicted molar refractivity (Wildman–Crippen MR) is 69.4 cm³/mol. The van der Waals surface area contributed by atoms with Gasteiger partial charge in [-0.25, -0.2) is 9.18 Å². The van der Waals surface area contributed by atoms with Gasteiger partial charge in [-0.3, -0.25) is 4.79 Å². The molecule has 19 heavy (non-hydrogen) atoms. The Bertz CT molecular complexity index is 489. The van der Waals surface area contributed by atoms with E-state index in [-0.39, 0.29) is 11.6 Å². The van der Waals surface area contributed by atoms with Gasteiger partial charge in [-0.1, -0.05) is 19.9 Å². The van der Waals surface area contributed by atoms with Gasteiger partial charge in [0.25, 0.3) is 0 Å². The minimum absolute atomic E-state index is 0.0864. The van der Waals surface area contributed by atoms with Crippen LogP contribution in [0.2, 0.25) is 0 Å². The Kier molecular flexibility index (Phi) is 5.00. The van der Waals surface area contributed by atoms with Gasteiger partial charge in [0.2, 0.25) is 5.91 Å². The van der Waals surface area contributed by atoms with Crippen LogP contribution in [0.15, 0.2) is 18.2 Å². The number of benzene rings is 1. The van der Waals surface area contributed by atoms with E-state index in [0.29, 0.717) is 6.42 Å². The molecule has 0 fully saturated rings. The molecule has 0 aliphatic rings. The van der Waals surface area contributed by atoms with E-state index in [4.69, 9.17) is 10.8 Å². The number of carbonyl (C=O) groups is 2. The molecule has 0 aromatic heterocycles. The summed E-state index contributed by atoms with van der Waals surface area (Å²) in [5, 5.41) is 11.3. The van der Waals surface area contributed by atoms with Crippen molar-refractivity contribution in [1.82, 2.24) is 0 Å². The smallest absolute Gasteiger partial charge is 0.340 e. The normalized spacial score (nSPS) is 12.3. The van der Waals surface area contributed by atoms with Crippen molar-refractivity contribution in [2.75, 3.05) is 5.32 Å². The second-order valence-electron chi connectivity index (χ2n) is 4.69. The molecular weight excluding hydrogens is 251 g/mol. The third-order valence-corrected chi connectivity index (χ3v) is 2.55. The number of carboxylic acids is 1. The Morgan fingerprint density at radius 2 is 2.05 bits per heavy atom. The molecule has 1 aromatic carbocycles. The van der Waals surface area contributed by atoms with Gasteiger partial charge in [-0.2, -0.15) is 0 Å². The van der Waals surface area contributed by atoms with Gasteiger partial charge in [0.1, 0.15) is 11.4 Å². The first kappa shape index (κ1) is 15.1. The number of hydrogen-bond acceptors (Lipinski definition) is 3. The number of nitrogens with two attached hydrogens (primary N) is 1. The van der Waals surface area contributed by atoms with Crippen LogP contribution in [0.4, 0.5) is 10.1 Å². The summed E-state index contributed by atoms with van der Waals surface area (Å²) in [6.45, 7) is 3.83. The van der Waals surface area contributed by atoms with Gasteiger partial charge in [0.15, 0.2) is 0 Å². The van der Waals surface area contributed by atoms with E-state index in [2.05, 4.69) is 5.32 Å². The summed E-state index contributed by atoms with van der Waals surface area (Å²) in [7, 11) is 0. The fourth-order valence-electron chi connectivity index (χ4n) is 1.69. The highest BCUT2D eigenvalue weighted by molar-refractivity contribution is 6.02. The van der Waals surface area contributed by atoms with E-state index in [9.17, 15) is 14.0 Å². The monoisotopic (exact) mass is 268 g/mol. The Hall–Kier alpha value is -1.95. The fraction of sp³-hybridized carbons (Fsp3) is 0.385. The number of hydrogen-bond donors (Lipinski definition) is 3. The number of carbonyl (C=O) groups excluding carboxylic acids is 1. The molecule has 0 aliphatic carbocycles. The van der Waals surface area contributed by atoms with E-state index in [0.717, 1.165) is 6.07 Å². The first-order valence-corrected chi connectivity index (χ1v) is 5.91. The van der Waals surface area contributed by atoms with Gasteiger partial charge >= 0.3 is 5.97 Å². The fourth-order valence-corrected chi connectivity index (χ4v) is 1.69. The molecule has 0 saturated carbocycles. The second-order valence-corrected chi connectivity index (χ2v) is 4.69. The van der Waals surface area contributed by atoms with Crippen molar-refractivity contribution >= 4 is 17.6 Å². The van der Waals surface area contributed by atoms with Crippen molar-refractivity contribution in [3.63, 3.8) is 0 Å². The summed E-state index contributed by atoms with van der Waals surface area (Å²) >= 11 is 0. The predicted octanol–water partition coefficient (Wildman–Crippen LogP) is 1.84. The molecule has 1 atom stereocenters. The third-order valence-electron chi connectivity index (χ3n) is 2.55. The van der Waals surface area contributed by atoms with Gasteiger partial charge in [0.05, 0.1) is 11.7 Å². The van der Waals surface area contributed by atoms with Crippen molar-refractivity contribution in [3.05, 3.63) is 29.6 Å². The zero-order valence-electron chi connectivity index (χ0n) is 10.8. The molecule has 4 N–H and O–H groups in total. The van der Waals surface area contributed by atoms with Crippen LogP contribution in [-0.2, 0) is 4.79 Å². The van der Waals surface area contributed by atoms with Crippen LogP contribution in [0.1, 0.15) is 30.6 Å². The first-order valence-electron chi connectivity index (χ1n) is 5.91. The molecule has 1 aromatic rings. The molecule has 1 unspecified atom stereocenters. The highest BCUT2D eigenvalue weighted by Gasteiger charge is 2.20. The Labute approximate surface area is 110 Å². The first-order chi connectivity index (χ1) is 8.82. The number of aromatic carboxylic acids is 1. The topological polar surface area (TPSA) is 92.4 Å². The summed E-state index contributed by atoms with van der Waals surface area (Å²) < 4.78 is 13.4. The average Bonchev–Trinajstić information content (AvgIpc) is 2.27. The van der Waals surface area contributed by atoms with Crippen molar-refractivity contribution in [2.45, 2.75) is 26.3 Å². The molecule has 1 rings (SSSR count). The maximum absolute atomic E-state index is 13.4. The molecular formula is C13H17FN2O3. The van der Waals surface area contributed by atoms with Crippen molar-refractivity contribution in [2.24, 2.45) is 11.7 Å². The van der Waals surface area contributed by atoms with E-state index in [1.807, 2.05) is 13.8 Å². The summed E-state index contributed by atoms with van der Waals surface area (Å²) in [5.41, 5.74) is 5.03. The number of carboxylic acid groups (broad SMARTS) is 1. The second kappa shape index (κ2) is 6.29. The Balaban J connectivity index is 2.91. The van der Waals surface area contributed by atoms with E-state index < -0.39 is 29.3 Å². The molecule has 104 valence electrons. The zero-order chi connectivity index (χ0) is 14.6. The lowest BCUT2D eigenvalue weighted by atomic mass is 10.0. The quantitative estimate of drug-likeness (QED) is 0.759. The maximum Gasteiger partial charge on any atom is 0.340 e. The molecule has 0 heterocycles. The largest absolute Gasteiger partial charge is 0.478 e. The average molecular weight is 268 g/mol.